The number of hydrogen-bond donors (Lipinski definition) is 1. The Kier molecular flexibility index (Phi) is 5.27. The minimum atomic E-state index is -3.49. The van der Waals surface area contributed by atoms with Gasteiger partial charge in [0, 0.05) is 32.0 Å². The Balaban J connectivity index is 1.62. The van der Waals surface area contributed by atoms with Gasteiger partial charge in [0.15, 0.2) is 0 Å². The first kappa shape index (κ1) is 17.1. The van der Waals surface area contributed by atoms with Crippen LogP contribution in [-0.4, -0.2) is 36.7 Å². The summed E-state index contributed by atoms with van der Waals surface area (Å²) in [6, 6.07) is 7.01. The highest BCUT2D eigenvalue weighted by molar-refractivity contribution is 7.91. The van der Waals surface area contributed by atoms with Crippen LogP contribution in [0, 0.1) is 5.92 Å². The summed E-state index contributed by atoms with van der Waals surface area (Å²) in [6.45, 7) is 1.13. The van der Waals surface area contributed by atoms with Gasteiger partial charge >= 0.3 is 0 Å². The maximum Gasteiger partial charge on any atom is 0.252 e. The first-order valence-electron chi connectivity index (χ1n) is 7.77. The highest BCUT2D eigenvalue weighted by Crippen LogP contribution is 2.26. The Bertz CT molecular complexity index is 776. The molecule has 3 heterocycles. The van der Waals surface area contributed by atoms with Crippen molar-refractivity contribution in [2.45, 2.75) is 23.6 Å². The molecule has 128 valence electrons. The molecule has 1 N–H and O–H groups in total. The third kappa shape index (κ3) is 3.82. The molecule has 1 aliphatic rings. The number of piperidine rings is 1. The second-order valence-corrected chi connectivity index (χ2v) is 8.82. The first-order chi connectivity index (χ1) is 11.6. The fourth-order valence-electron chi connectivity index (χ4n) is 2.75. The van der Waals surface area contributed by atoms with Crippen LogP contribution in [0.3, 0.4) is 0 Å². The molecule has 0 unspecified atom stereocenters. The van der Waals surface area contributed by atoms with Gasteiger partial charge in [-0.2, -0.15) is 4.31 Å². The number of aromatic nitrogens is 1. The number of carbonyl (C=O) groups is 1. The molecule has 3 rings (SSSR count). The molecule has 0 aromatic carbocycles. The van der Waals surface area contributed by atoms with Gasteiger partial charge < -0.3 is 5.32 Å². The van der Waals surface area contributed by atoms with Gasteiger partial charge in [-0.15, -0.1) is 11.3 Å². The Hall–Kier alpha value is -1.77. The SMILES string of the molecule is O=C(NCc1ccncc1)[C@H]1CCCN(S(=O)(=O)c2cccs2)C1. The lowest BCUT2D eigenvalue weighted by Crippen LogP contribution is -2.45. The standard InChI is InChI=1S/C16H19N3O3S2/c20-16(18-11-13-5-7-17-8-6-13)14-3-1-9-19(12-14)24(21,22)15-4-2-10-23-15/h2,4-8,10,14H,1,3,9,11-12H2,(H,18,20)/t14-/m0/s1. The van der Waals surface area contributed by atoms with Gasteiger partial charge in [-0.3, -0.25) is 9.78 Å². The van der Waals surface area contributed by atoms with E-state index in [0.29, 0.717) is 30.1 Å². The predicted molar refractivity (Wildman–Crippen MR) is 91.9 cm³/mol. The van der Waals surface area contributed by atoms with E-state index in [0.717, 1.165) is 5.56 Å². The highest BCUT2D eigenvalue weighted by atomic mass is 32.2. The largest absolute Gasteiger partial charge is 0.352 e. The van der Waals surface area contributed by atoms with E-state index in [9.17, 15) is 13.2 Å². The van der Waals surface area contributed by atoms with Gasteiger partial charge in [0.05, 0.1) is 5.92 Å². The third-order valence-electron chi connectivity index (χ3n) is 4.06. The molecule has 1 aliphatic heterocycles. The summed E-state index contributed by atoms with van der Waals surface area (Å²) in [7, 11) is -3.49. The minimum absolute atomic E-state index is 0.0992. The summed E-state index contributed by atoms with van der Waals surface area (Å²) >= 11 is 1.20. The van der Waals surface area contributed by atoms with Crippen LogP contribution in [-0.2, 0) is 21.4 Å². The second-order valence-electron chi connectivity index (χ2n) is 5.71. The van der Waals surface area contributed by atoms with Crippen LogP contribution in [0.15, 0.2) is 46.2 Å². The van der Waals surface area contributed by atoms with E-state index in [1.807, 2.05) is 12.1 Å². The molecule has 24 heavy (non-hydrogen) atoms. The van der Waals surface area contributed by atoms with E-state index in [4.69, 9.17) is 0 Å². The number of sulfonamides is 1. The second kappa shape index (κ2) is 7.42. The lowest BCUT2D eigenvalue weighted by molar-refractivity contribution is -0.126. The summed E-state index contributed by atoms with van der Waals surface area (Å²) < 4.78 is 27.0. The van der Waals surface area contributed by atoms with E-state index >= 15 is 0 Å². The van der Waals surface area contributed by atoms with Crippen molar-refractivity contribution < 1.29 is 13.2 Å². The normalized spacial score (nSPS) is 19.1. The van der Waals surface area contributed by atoms with Crippen LogP contribution < -0.4 is 5.32 Å². The van der Waals surface area contributed by atoms with Crippen molar-refractivity contribution in [2.75, 3.05) is 13.1 Å². The monoisotopic (exact) mass is 365 g/mol. The molecular weight excluding hydrogens is 346 g/mol. The number of thiophene rings is 1. The fraction of sp³-hybridized carbons (Fsp3) is 0.375. The number of pyridine rings is 1. The van der Waals surface area contributed by atoms with Crippen molar-refractivity contribution in [3.05, 3.63) is 47.6 Å². The van der Waals surface area contributed by atoms with E-state index in [-0.39, 0.29) is 18.4 Å². The quantitative estimate of drug-likeness (QED) is 0.877. The van der Waals surface area contributed by atoms with Gasteiger partial charge in [-0.25, -0.2) is 8.42 Å². The Morgan fingerprint density at radius 1 is 1.33 bits per heavy atom. The molecule has 1 saturated heterocycles. The zero-order valence-corrected chi connectivity index (χ0v) is 14.7. The lowest BCUT2D eigenvalue weighted by atomic mass is 9.99. The maximum absolute atomic E-state index is 12.6. The van der Waals surface area contributed by atoms with Crippen molar-refractivity contribution in [3.63, 3.8) is 0 Å². The average Bonchev–Trinajstić information content (AvgIpc) is 3.16. The maximum atomic E-state index is 12.6. The van der Waals surface area contributed by atoms with Crippen molar-refractivity contribution in [2.24, 2.45) is 5.92 Å². The van der Waals surface area contributed by atoms with Gasteiger partial charge in [0.25, 0.3) is 10.0 Å². The summed E-state index contributed by atoms with van der Waals surface area (Å²) in [5, 5.41) is 4.64. The fourth-order valence-corrected chi connectivity index (χ4v) is 5.41. The van der Waals surface area contributed by atoms with Crippen LogP contribution in [0.2, 0.25) is 0 Å². The zero-order valence-electron chi connectivity index (χ0n) is 13.1. The zero-order chi connectivity index (χ0) is 17.0. The Morgan fingerprint density at radius 3 is 2.83 bits per heavy atom. The third-order valence-corrected chi connectivity index (χ3v) is 7.30. The highest BCUT2D eigenvalue weighted by Gasteiger charge is 2.33. The molecule has 2 aromatic rings. The number of rotatable bonds is 5. The molecule has 8 heteroatoms. The summed E-state index contributed by atoms with van der Waals surface area (Å²) in [5.74, 6) is -0.409. The van der Waals surface area contributed by atoms with Crippen LogP contribution in [0.5, 0.6) is 0 Å². The Morgan fingerprint density at radius 2 is 2.12 bits per heavy atom. The molecule has 2 aromatic heterocycles. The molecule has 0 aliphatic carbocycles. The number of carbonyl (C=O) groups excluding carboxylic acids is 1. The molecule has 0 saturated carbocycles. The van der Waals surface area contributed by atoms with Crippen molar-refractivity contribution in [1.29, 1.82) is 0 Å². The van der Waals surface area contributed by atoms with Gasteiger partial charge in [0.2, 0.25) is 5.91 Å². The van der Waals surface area contributed by atoms with Crippen LogP contribution in [0.4, 0.5) is 0 Å². The van der Waals surface area contributed by atoms with Gasteiger partial charge in [-0.1, -0.05) is 6.07 Å². The van der Waals surface area contributed by atoms with E-state index in [1.54, 1.807) is 29.9 Å². The molecule has 0 spiro atoms. The summed E-state index contributed by atoms with van der Waals surface area (Å²) in [4.78, 5) is 16.3. The van der Waals surface area contributed by atoms with E-state index in [2.05, 4.69) is 10.3 Å². The number of nitrogens with one attached hydrogen (secondary N) is 1. The van der Waals surface area contributed by atoms with E-state index < -0.39 is 10.0 Å². The molecule has 1 atom stereocenters. The van der Waals surface area contributed by atoms with E-state index in [1.165, 1.54) is 15.6 Å². The molecular formula is C16H19N3O3S2. The number of hydrogen-bond acceptors (Lipinski definition) is 5. The molecule has 0 bridgehead atoms. The number of nitrogens with zero attached hydrogens (tertiary/aromatic N) is 2. The molecule has 6 nitrogen and oxygen atoms in total. The molecule has 1 amide bonds. The van der Waals surface area contributed by atoms with Crippen molar-refractivity contribution >= 4 is 27.3 Å². The first-order valence-corrected chi connectivity index (χ1v) is 10.1. The van der Waals surface area contributed by atoms with Crippen molar-refractivity contribution in [3.8, 4) is 0 Å². The van der Waals surface area contributed by atoms with Gasteiger partial charge in [0.1, 0.15) is 4.21 Å². The average molecular weight is 365 g/mol. The summed E-state index contributed by atoms with van der Waals surface area (Å²) in [6.07, 6.45) is 4.76. The van der Waals surface area contributed by atoms with Crippen LogP contribution in [0.25, 0.3) is 0 Å². The lowest BCUT2D eigenvalue weighted by Gasteiger charge is -2.30. The predicted octanol–water partition coefficient (Wildman–Crippen LogP) is 1.86. The van der Waals surface area contributed by atoms with Gasteiger partial charge in [-0.05, 0) is 42.0 Å². The summed E-state index contributed by atoms with van der Waals surface area (Å²) in [5.41, 5.74) is 0.970. The van der Waals surface area contributed by atoms with Crippen LogP contribution >= 0.6 is 11.3 Å². The number of amides is 1. The van der Waals surface area contributed by atoms with Crippen LogP contribution in [0.1, 0.15) is 18.4 Å². The topological polar surface area (TPSA) is 79.4 Å². The Labute approximate surface area is 145 Å². The smallest absolute Gasteiger partial charge is 0.252 e. The minimum Gasteiger partial charge on any atom is -0.352 e. The van der Waals surface area contributed by atoms with Crippen molar-refractivity contribution in [1.82, 2.24) is 14.6 Å². The molecule has 1 fully saturated rings. The molecule has 0 radical (unpaired) electrons.